The first-order valence-corrected chi connectivity index (χ1v) is 5.87. The van der Waals surface area contributed by atoms with Gasteiger partial charge in [-0.25, -0.2) is 0 Å². The van der Waals surface area contributed by atoms with Crippen molar-refractivity contribution in [2.24, 2.45) is 11.7 Å². The number of amides is 2. The molecular weight excluding hydrogens is 206 g/mol. The summed E-state index contributed by atoms with van der Waals surface area (Å²) in [5.74, 6) is 0.157. The highest BCUT2D eigenvalue weighted by Gasteiger charge is 2.24. The van der Waals surface area contributed by atoms with Gasteiger partial charge >= 0.3 is 0 Å². The average molecular weight is 227 g/mol. The van der Waals surface area contributed by atoms with Crippen molar-refractivity contribution in [2.75, 3.05) is 13.1 Å². The Morgan fingerprint density at radius 1 is 1.38 bits per heavy atom. The largest absolute Gasteiger partial charge is 0.350 e. The molecule has 0 bridgehead atoms. The first kappa shape index (κ1) is 13.0. The van der Waals surface area contributed by atoms with E-state index in [1.54, 1.807) is 0 Å². The molecule has 1 atom stereocenters. The molecule has 0 aromatic carbocycles. The molecule has 1 unspecified atom stereocenters. The van der Waals surface area contributed by atoms with Crippen molar-refractivity contribution in [3.05, 3.63) is 0 Å². The molecule has 0 aromatic heterocycles. The van der Waals surface area contributed by atoms with Crippen LogP contribution in [0.2, 0.25) is 0 Å². The molecule has 2 amide bonds. The van der Waals surface area contributed by atoms with E-state index in [0.717, 1.165) is 12.8 Å². The zero-order chi connectivity index (χ0) is 12.0. The number of rotatable bonds is 5. The van der Waals surface area contributed by atoms with Gasteiger partial charge in [0.15, 0.2) is 0 Å². The van der Waals surface area contributed by atoms with Crippen LogP contribution in [0, 0.1) is 5.92 Å². The van der Waals surface area contributed by atoms with Gasteiger partial charge in [0, 0.05) is 19.5 Å². The van der Waals surface area contributed by atoms with Crippen LogP contribution in [0.5, 0.6) is 0 Å². The van der Waals surface area contributed by atoms with Crippen LogP contribution in [-0.4, -0.2) is 30.9 Å². The van der Waals surface area contributed by atoms with E-state index in [2.05, 4.69) is 10.6 Å². The van der Waals surface area contributed by atoms with E-state index in [1.165, 1.54) is 19.8 Å². The maximum atomic E-state index is 11.5. The molecule has 4 N–H and O–H groups in total. The molecule has 1 rings (SSSR count). The van der Waals surface area contributed by atoms with E-state index in [4.69, 9.17) is 5.73 Å². The fraction of sp³-hybridized carbons (Fsp3) is 0.818. The highest BCUT2D eigenvalue weighted by molar-refractivity contribution is 5.83. The van der Waals surface area contributed by atoms with Crippen LogP contribution >= 0.6 is 0 Å². The van der Waals surface area contributed by atoms with E-state index in [-0.39, 0.29) is 24.4 Å². The van der Waals surface area contributed by atoms with Crippen molar-refractivity contribution >= 4 is 11.8 Å². The normalized spacial score (nSPS) is 18.1. The van der Waals surface area contributed by atoms with E-state index in [9.17, 15) is 9.59 Å². The van der Waals surface area contributed by atoms with Crippen LogP contribution in [0.4, 0.5) is 0 Å². The van der Waals surface area contributed by atoms with Crippen molar-refractivity contribution in [1.82, 2.24) is 10.6 Å². The number of carbonyl (C=O) groups excluding carboxylic acids is 2. The zero-order valence-electron chi connectivity index (χ0n) is 9.79. The van der Waals surface area contributed by atoms with E-state index >= 15 is 0 Å². The van der Waals surface area contributed by atoms with Crippen molar-refractivity contribution in [2.45, 2.75) is 38.6 Å². The summed E-state index contributed by atoms with van der Waals surface area (Å²) in [6.45, 7) is 1.90. The monoisotopic (exact) mass is 227 g/mol. The number of hydrogen-bond acceptors (Lipinski definition) is 3. The number of nitrogens with one attached hydrogen (secondary N) is 2. The number of nitrogens with two attached hydrogens (primary N) is 1. The first-order chi connectivity index (χ1) is 7.63. The smallest absolute Gasteiger partial charge is 0.239 e. The van der Waals surface area contributed by atoms with Gasteiger partial charge < -0.3 is 16.4 Å². The second-order valence-corrected chi connectivity index (χ2v) is 4.36. The third kappa shape index (κ3) is 4.18. The second kappa shape index (κ2) is 6.48. The Bertz CT molecular complexity index is 250. The van der Waals surface area contributed by atoms with Crippen LogP contribution in [0.3, 0.4) is 0 Å². The van der Waals surface area contributed by atoms with Crippen LogP contribution in [0.25, 0.3) is 0 Å². The lowest BCUT2D eigenvalue weighted by Crippen LogP contribution is -2.47. The highest BCUT2D eigenvalue weighted by Crippen LogP contribution is 2.27. The van der Waals surface area contributed by atoms with Crippen LogP contribution in [0.15, 0.2) is 0 Å². The molecule has 92 valence electrons. The molecule has 0 aliphatic heterocycles. The maximum absolute atomic E-state index is 11.5. The second-order valence-electron chi connectivity index (χ2n) is 4.36. The zero-order valence-corrected chi connectivity index (χ0v) is 9.79. The Balaban J connectivity index is 2.31. The fourth-order valence-corrected chi connectivity index (χ4v) is 2.19. The van der Waals surface area contributed by atoms with Gasteiger partial charge in [0.25, 0.3) is 0 Å². The summed E-state index contributed by atoms with van der Waals surface area (Å²) in [4.78, 5) is 22.1. The molecule has 0 radical (unpaired) electrons. The van der Waals surface area contributed by atoms with E-state index in [1.807, 2.05) is 0 Å². The van der Waals surface area contributed by atoms with Gasteiger partial charge in [-0.3, -0.25) is 9.59 Å². The Morgan fingerprint density at radius 2 is 2.00 bits per heavy atom. The molecule has 0 spiro atoms. The minimum atomic E-state index is -0.194. The summed E-state index contributed by atoms with van der Waals surface area (Å²) in [5.41, 5.74) is 5.65. The summed E-state index contributed by atoms with van der Waals surface area (Å²) >= 11 is 0. The summed E-state index contributed by atoms with van der Waals surface area (Å²) in [6, 6.07) is 0.0590. The molecular formula is C11H21N3O2. The predicted molar refractivity (Wildman–Crippen MR) is 61.6 cm³/mol. The average Bonchev–Trinajstić information content (AvgIpc) is 2.76. The molecule has 5 heteroatoms. The van der Waals surface area contributed by atoms with E-state index < -0.39 is 0 Å². The van der Waals surface area contributed by atoms with E-state index in [0.29, 0.717) is 12.5 Å². The molecule has 0 aromatic rings. The Kier molecular flexibility index (Phi) is 5.25. The van der Waals surface area contributed by atoms with Gasteiger partial charge in [-0.05, 0) is 18.8 Å². The SMILES string of the molecule is CC(=O)NCC(=O)NC(CN)C1CCCC1. The highest BCUT2D eigenvalue weighted by atomic mass is 16.2. The van der Waals surface area contributed by atoms with Crippen molar-refractivity contribution < 1.29 is 9.59 Å². The Hall–Kier alpha value is -1.10. The molecule has 5 nitrogen and oxygen atoms in total. The van der Waals surface area contributed by atoms with Crippen molar-refractivity contribution in [3.63, 3.8) is 0 Å². The molecule has 16 heavy (non-hydrogen) atoms. The molecule has 0 heterocycles. The summed E-state index contributed by atoms with van der Waals surface area (Å²) in [5, 5.41) is 5.36. The third-order valence-electron chi connectivity index (χ3n) is 3.07. The third-order valence-corrected chi connectivity index (χ3v) is 3.07. The summed E-state index contributed by atoms with van der Waals surface area (Å²) in [7, 11) is 0. The van der Waals surface area contributed by atoms with Gasteiger partial charge in [0.05, 0.1) is 6.54 Å². The van der Waals surface area contributed by atoms with Gasteiger partial charge in [0.2, 0.25) is 11.8 Å². The molecule has 1 saturated carbocycles. The Morgan fingerprint density at radius 3 is 2.50 bits per heavy atom. The van der Waals surface area contributed by atoms with Gasteiger partial charge in [-0.2, -0.15) is 0 Å². The topological polar surface area (TPSA) is 84.2 Å². The predicted octanol–water partition coefficient (Wildman–Crippen LogP) is -0.244. The number of hydrogen-bond donors (Lipinski definition) is 3. The lowest BCUT2D eigenvalue weighted by atomic mass is 9.98. The molecule has 1 aliphatic carbocycles. The first-order valence-electron chi connectivity index (χ1n) is 5.87. The molecule has 1 aliphatic rings. The summed E-state index contributed by atoms with van der Waals surface area (Å²) in [6.07, 6.45) is 4.73. The van der Waals surface area contributed by atoms with Gasteiger partial charge in [-0.1, -0.05) is 12.8 Å². The van der Waals surface area contributed by atoms with Crippen LogP contribution < -0.4 is 16.4 Å². The van der Waals surface area contributed by atoms with Crippen LogP contribution in [-0.2, 0) is 9.59 Å². The fourth-order valence-electron chi connectivity index (χ4n) is 2.19. The minimum Gasteiger partial charge on any atom is -0.350 e. The van der Waals surface area contributed by atoms with Crippen LogP contribution in [0.1, 0.15) is 32.6 Å². The quantitative estimate of drug-likeness (QED) is 0.606. The molecule has 1 fully saturated rings. The lowest BCUT2D eigenvalue weighted by molar-refractivity contribution is -0.125. The minimum absolute atomic E-state index is 0.0402. The van der Waals surface area contributed by atoms with Gasteiger partial charge in [-0.15, -0.1) is 0 Å². The number of carbonyl (C=O) groups is 2. The molecule has 0 saturated heterocycles. The standard InChI is InChI=1S/C11H21N3O2/c1-8(15)13-7-11(16)14-10(6-12)9-4-2-3-5-9/h9-10H,2-7,12H2,1H3,(H,13,15)(H,14,16). The van der Waals surface area contributed by atoms with Gasteiger partial charge in [0.1, 0.15) is 0 Å². The lowest BCUT2D eigenvalue weighted by Gasteiger charge is -2.23. The summed E-state index contributed by atoms with van der Waals surface area (Å²) < 4.78 is 0. The Labute approximate surface area is 96.1 Å². The van der Waals surface area contributed by atoms with Crippen molar-refractivity contribution in [3.8, 4) is 0 Å². The van der Waals surface area contributed by atoms with Crippen molar-refractivity contribution in [1.29, 1.82) is 0 Å². The maximum Gasteiger partial charge on any atom is 0.239 e.